The number of carbonyl (C=O) groups excluding carboxylic acids is 1. The van der Waals surface area contributed by atoms with Gasteiger partial charge in [-0.1, -0.05) is 23.2 Å². The monoisotopic (exact) mass is 287 g/mol. The summed E-state index contributed by atoms with van der Waals surface area (Å²) < 4.78 is 9.85. The van der Waals surface area contributed by atoms with Crippen molar-refractivity contribution in [2.24, 2.45) is 0 Å². The van der Waals surface area contributed by atoms with E-state index >= 15 is 0 Å². The summed E-state index contributed by atoms with van der Waals surface area (Å²) in [4.78, 5) is 11.1. The second-order valence-electron chi connectivity index (χ2n) is 3.33. The molecule has 1 aromatic rings. The molecule has 0 unspecified atom stereocenters. The van der Waals surface area contributed by atoms with Crippen LogP contribution < -0.4 is 0 Å². The Morgan fingerprint density at radius 1 is 1.44 bits per heavy atom. The summed E-state index contributed by atoms with van der Waals surface area (Å²) in [7, 11) is 0. The highest BCUT2D eigenvalue weighted by Gasteiger charge is 2.10. The molecule has 0 radical (unpaired) electrons. The van der Waals surface area contributed by atoms with Crippen LogP contribution >= 0.6 is 23.2 Å². The Kier molecular flexibility index (Phi) is 5.93. The molecule has 0 saturated carbocycles. The molecule has 0 heterocycles. The van der Waals surface area contributed by atoms with Gasteiger partial charge in [-0.05, 0) is 24.6 Å². The Morgan fingerprint density at radius 2 is 2.17 bits per heavy atom. The maximum atomic E-state index is 11.1. The molecular weight excluding hydrogens is 277 g/mol. The summed E-state index contributed by atoms with van der Waals surface area (Å²) in [6, 6.07) is 5.03. The van der Waals surface area contributed by atoms with Crippen LogP contribution in [0.15, 0.2) is 12.1 Å². The van der Waals surface area contributed by atoms with Crippen LogP contribution in [0.4, 0.5) is 0 Å². The SMILES string of the molecule is CCOC(=O)COCc1cc(Cl)cc(Cl)c1C#N. The molecular formula is C12H11Cl2NO3. The van der Waals surface area contributed by atoms with Crippen LogP contribution in [0, 0.1) is 11.3 Å². The number of halogens is 2. The van der Waals surface area contributed by atoms with Gasteiger partial charge in [0.2, 0.25) is 0 Å². The predicted octanol–water partition coefficient (Wildman–Crippen LogP) is 2.94. The average Bonchev–Trinajstić information content (AvgIpc) is 2.28. The van der Waals surface area contributed by atoms with E-state index in [9.17, 15) is 4.79 Å². The first-order chi connectivity index (χ1) is 8.58. The molecule has 0 aliphatic rings. The van der Waals surface area contributed by atoms with Crippen molar-refractivity contribution in [2.75, 3.05) is 13.2 Å². The van der Waals surface area contributed by atoms with Gasteiger partial charge in [0.1, 0.15) is 12.7 Å². The summed E-state index contributed by atoms with van der Waals surface area (Å²) in [5, 5.41) is 9.63. The Morgan fingerprint density at radius 3 is 2.78 bits per heavy atom. The van der Waals surface area contributed by atoms with Crippen molar-refractivity contribution in [2.45, 2.75) is 13.5 Å². The molecule has 0 aromatic heterocycles. The van der Waals surface area contributed by atoms with E-state index in [2.05, 4.69) is 0 Å². The molecule has 0 amide bonds. The standard InChI is InChI=1S/C12H11Cl2NO3/c1-2-18-12(16)7-17-6-8-3-9(13)4-11(14)10(8)5-15/h3-4H,2,6-7H2,1H3. The number of hydrogen-bond acceptors (Lipinski definition) is 4. The van der Waals surface area contributed by atoms with Crippen molar-refractivity contribution in [1.82, 2.24) is 0 Å². The van der Waals surface area contributed by atoms with Gasteiger partial charge in [-0.3, -0.25) is 0 Å². The lowest BCUT2D eigenvalue weighted by Gasteiger charge is -2.07. The fourth-order valence-corrected chi connectivity index (χ4v) is 1.89. The maximum absolute atomic E-state index is 11.1. The summed E-state index contributed by atoms with van der Waals surface area (Å²) in [6.45, 7) is 1.90. The fourth-order valence-electron chi connectivity index (χ4n) is 1.31. The second kappa shape index (κ2) is 7.22. The molecule has 0 fully saturated rings. The van der Waals surface area contributed by atoms with E-state index < -0.39 is 5.97 Å². The van der Waals surface area contributed by atoms with E-state index in [4.69, 9.17) is 37.9 Å². The van der Waals surface area contributed by atoms with Crippen molar-refractivity contribution in [3.05, 3.63) is 33.3 Å². The summed E-state index contributed by atoms with van der Waals surface area (Å²) in [6.07, 6.45) is 0. The zero-order chi connectivity index (χ0) is 13.5. The smallest absolute Gasteiger partial charge is 0.332 e. The number of nitrogens with zero attached hydrogens (tertiary/aromatic N) is 1. The first-order valence-corrected chi connectivity index (χ1v) is 5.95. The molecule has 4 nitrogen and oxygen atoms in total. The van der Waals surface area contributed by atoms with Crippen molar-refractivity contribution >= 4 is 29.2 Å². The van der Waals surface area contributed by atoms with Gasteiger partial charge < -0.3 is 9.47 Å². The fraction of sp³-hybridized carbons (Fsp3) is 0.333. The van der Waals surface area contributed by atoms with Crippen LogP contribution in [-0.2, 0) is 20.9 Å². The van der Waals surface area contributed by atoms with Crippen molar-refractivity contribution in [3.63, 3.8) is 0 Å². The zero-order valence-corrected chi connectivity index (χ0v) is 11.2. The third kappa shape index (κ3) is 4.19. The summed E-state index contributed by atoms with van der Waals surface area (Å²) >= 11 is 11.7. The van der Waals surface area contributed by atoms with E-state index in [1.807, 2.05) is 6.07 Å². The Hall–Kier alpha value is -1.28. The number of benzene rings is 1. The highest BCUT2D eigenvalue weighted by molar-refractivity contribution is 6.35. The maximum Gasteiger partial charge on any atom is 0.332 e. The molecule has 0 aliphatic carbocycles. The molecule has 96 valence electrons. The lowest BCUT2D eigenvalue weighted by atomic mass is 10.1. The highest BCUT2D eigenvalue weighted by Crippen LogP contribution is 2.25. The number of nitriles is 1. The number of carbonyl (C=O) groups is 1. The van der Waals surface area contributed by atoms with Crippen molar-refractivity contribution in [3.8, 4) is 6.07 Å². The van der Waals surface area contributed by atoms with Gasteiger partial charge >= 0.3 is 5.97 Å². The molecule has 0 atom stereocenters. The van der Waals surface area contributed by atoms with Crippen molar-refractivity contribution in [1.29, 1.82) is 5.26 Å². The summed E-state index contributed by atoms with van der Waals surface area (Å²) in [5.74, 6) is -0.455. The molecule has 0 saturated heterocycles. The Balaban J connectivity index is 2.68. The van der Waals surface area contributed by atoms with Gasteiger partial charge in [0.25, 0.3) is 0 Å². The molecule has 0 aliphatic heterocycles. The van der Waals surface area contributed by atoms with Gasteiger partial charge in [-0.25, -0.2) is 4.79 Å². The lowest BCUT2D eigenvalue weighted by Crippen LogP contribution is -2.12. The van der Waals surface area contributed by atoms with Crippen LogP contribution in [0.25, 0.3) is 0 Å². The first kappa shape index (κ1) is 14.8. The second-order valence-corrected chi connectivity index (χ2v) is 4.17. The van der Waals surface area contributed by atoms with Gasteiger partial charge in [0.15, 0.2) is 0 Å². The minimum atomic E-state index is -0.455. The van der Waals surface area contributed by atoms with Crippen LogP contribution in [0.5, 0.6) is 0 Å². The Bertz CT molecular complexity index is 483. The predicted molar refractivity (Wildman–Crippen MR) is 67.5 cm³/mol. The molecule has 18 heavy (non-hydrogen) atoms. The van der Waals surface area contributed by atoms with Crippen LogP contribution in [0.3, 0.4) is 0 Å². The summed E-state index contributed by atoms with van der Waals surface area (Å²) in [5.41, 5.74) is 0.837. The van der Waals surface area contributed by atoms with Gasteiger partial charge in [0.05, 0.1) is 23.8 Å². The normalized spacial score (nSPS) is 9.89. The molecule has 1 aromatic carbocycles. The molecule has 0 spiro atoms. The lowest BCUT2D eigenvalue weighted by molar-refractivity contribution is -0.148. The van der Waals surface area contributed by atoms with Crippen molar-refractivity contribution < 1.29 is 14.3 Å². The van der Waals surface area contributed by atoms with Gasteiger partial charge in [0, 0.05) is 5.02 Å². The molecule has 0 bridgehead atoms. The van der Waals surface area contributed by atoms with E-state index in [-0.39, 0.29) is 18.2 Å². The number of ether oxygens (including phenoxy) is 2. The van der Waals surface area contributed by atoms with E-state index in [0.717, 1.165) is 0 Å². The Labute approximate surface area is 115 Å². The van der Waals surface area contributed by atoms with E-state index in [1.54, 1.807) is 13.0 Å². The van der Waals surface area contributed by atoms with Crippen LogP contribution in [-0.4, -0.2) is 19.2 Å². The molecule has 6 heteroatoms. The molecule has 1 rings (SSSR count). The number of rotatable bonds is 5. The average molecular weight is 288 g/mol. The minimum absolute atomic E-state index is 0.0714. The highest BCUT2D eigenvalue weighted by atomic mass is 35.5. The van der Waals surface area contributed by atoms with E-state index in [1.165, 1.54) is 6.07 Å². The number of hydrogen-bond donors (Lipinski definition) is 0. The topological polar surface area (TPSA) is 59.3 Å². The minimum Gasteiger partial charge on any atom is -0.464 e. The quantitative estimate of drug-likeness (QED) is 0.781. The first-order valence-electron chi connectivity index (χ1n) is 5.19. The van der Waals surface area contributed by atoms with E-state index in [0.29, 0.717) is 22.8 Å². The molecule has 0 N–H and O–H groups in total. The largest absolute Gasteiger partial charge is 0.464 e. The third-order valence-electron chi connectivity index (χ3n) is 2.03. The van der Waals surface area contributed by atoms with Crippen LogP contribution in [0.2, 0.25) is 10.0 Å². The zero-order valence-electron chi connectivity index (χ0n) is 9.70. The third-order valence-corrected chi connectivity index (χ3v) is 2.55. The van der Waals surface area contributed by atoms with Gasteiger partial charge in [-0.15, -0.1) is 0 Å². The van der Waals surface area contributed by atoms with Gasteiger partial charge in [-0.2, -0.15) is 5.26 Å². The van der Waals surface area contributed by atoms with Crippen LogP contribution in [0.1, 0.15) is 18.1 Å². The number of esters is 1.